The summed E-state index contributed by atoms with van der Waals surface area (Å²) in [4.78, 5) is 0. The molecule has 3 aromatic rings. The minimum absolute atomic E-state index is 0. The standard InChI is InChI=1S/C18H15P.Na.Rh.H/c1-4-10-16(11-5-1)19(17-12-6-2-7-13-17)18-14-8-3-9-15-18;;;/h1-15H;;;/q;+1;;-1. The summed E-state index contributed by atoms with van der Waals surface area (Å²) >= 11 is 0. The molecule has 0 unspecified atom stereocenters. The number of rotatable bonds is 3. The van der Waals surface area contributed by atoms with Crippen LogP contribution in [0.5, 0.6) is 0 Å². The van der Waals surface area contributed by atoms with Gasteiger partial charge in [-0.05, 0) is 23.8 Å². The van der Waals surface area contributed by atoms with Gasteiger partial charge < -0.3 is 1.43 Å². The molecule has 0 amide bonds. The van der Waals surface area contributed by atoms with Crippen LogP contribution in [0.1, 0.15) is 1.43 Å². The van der Waals surface area contributed by atoms with Crippen LogP contribution < -0.4 is 45.5 Å². The van der Waals surface area contributed by atoms with E-state index in [1.54, 1.807) is 0 Å². The van der Waals surface area contributed by atoms with E-state index < -0.39 is 7.92 Å². The SMILES string of the molecule is [H-].[Na+].[Rh].c1ccc(P(c2ccccc2)c2ccccc2)cc1. The molecule has 0 bridgehead atoms. The summed E-state index contributed by atoms with van der Waals surface area (Å²) in [5.41, 5.74) is 0. The van der Waals surface area contributed by atoms with E-state index in [0.29, 0.717) is 0 Å². The Balaban J connectivity index is 0.00000147. The maximum atomic E-state index is 2.23. The topological polar surface area (TPSA) is 0 Å². The predicted molar refractivity (Wildman–Crippen MR) is 86.3 cm³/mol. The molecule has 1 radical (unpaired) electrons. The van der Waals surface area contributed by atoms with Crippen molar-refractivity contribution in [1.82, 2.24) is 0 Å². The third kappa shape index (κ3) is 4.85. The molecule has 0 aliphatic rings. The Kier molecular flexibility index (Phi) is 8.64. The van der Waals surface area contributed by atoms with Crippen LogP contribution in [0.15, 0.2) is 91.0 Å². The summed E-state index contributed by atoms with van der Waals surface area (Å²) < 4.78 is 0. The molecule has 0 saturated carbocycles. The molecule has 0 nitrogen and oxygen atoms in total. The fraction of sp³-hybridized carbons (Fsp3) is 0. The minimum Gasteiger partial charge on any atom is -1.00 e. The molecule has 21 heavy (non-hydrogen) atoms. The van der Waals surface area contributed by atoms with Crippen LogP contribution in [0.3, 0.4) is 0 Å². The minimum atomic E-state index is -0.446. The van der Waals surface area contributed by atoms with Gasteiger partial charge in [0.15, 0.2) is 0 Å². The van der Waals surface area contributed by atoms with Gasteiger partial charge in [0.25, 0.3) is 0 Å². The second kappa shape index (κ2) is 9.67. The first kappa shape index (κ1) is 18.8. The van der Waals surface area contributed by atoms with Crippen molar-refractivity contribution in [2.45, 2.75) is 0 Å². The summed E-state index contributed by atoms with van der Waals surface area (Å²) in [6, 6.07) is 32.3. The maximum Gasteiger partial charge on any atom is 1.00 e. The molecule has 3 aromatic carbocycles. The average Bonchev–Trinajstić information content (AvgIpc) is 2.51. The molecule has 0 spiro atoms. The first-order chi connectivity index (χ1) is 9.45. The van der Waals surface area contributed by atoms with Crippen molar-refractivity contribution in [3.8, 4) is 0 Å². The molecule has 0 aliphatic carbocycles. The third-order valence-corrected chi connectivity index (χ3v) is 5.49. The number of hydrogen-bond acceptors (Lipinski definition) is 0. The van der Waals surface area contributed by atoms with Crippen LogP contribution in [0, 0.1) is 0 Å². The largest absolute Gasteiger partial charge is 1.00 e. The zero-order valence-electron chi connectivity index (χ0n) is 12.9. The van der Waals surface area contributed by atoms with E-state index in [4.69, 9.17) is 0 Å². The van der Waals surface area contributed by atoms with Gasteiger partial charge in [-0.3, -0.25) is 0 Å². The second-order valence-electron chi connectivity index (χ2n) is 4.34. The average molecular weight is 389 g/mol. The molecule has 3 heteroatoms. The smallest absolute Gasteiger partial charge is 1.00 e. The van der Waals surface area contributed by atoms with Crippen molar-refractivity contribution >= 4 is 23.8 Å². The normalized spacial score (nSPS) is 9.57. The fourth-order valence-corrected chi connectivity index (χ4v) is 4.48. The van der Waals surface area contributed by atoms with Crippen LogP contribution >= 0.6 is 7.92 Å². The molecule has 0 aromatic heterocycles. The summed E-state index contributed by atoms with van der Waals surface area (Å²) in [6.45, 7) is 0. The van der Waals surface area contributed by atoms with Gasteiger partial charge in [-0.1, -0.05) is 91.0 Å². The fourth-order valence-electron chi connectivity index (χ4n) is 2.18. The zero-order valence-corrected chi connectivity index (χ0v) is 16.5. The Hall–Kier alpha value is -0.287. The van der Waals surface area contributed by atoms with Crippen LogP contribution in [0.4, 0.5) is 0 Å². The van der Waals surface area contributed by atoms with Crippen molar-refractivity contribution in [2.75, 3.05) is 0 Å². The van der Waals surface area contributed by atoms with E-state index >= 15 is 0 Å². The van der Waals surface area contributed by atoms with E-state index in [1.165, 1.54) is 15.9 Å². The molecular weight excluding hydrogens is 373 g/mol. The molecule has 0 saturated heterocycles. The van der Waals surface area contributed by atoms with Gasteiger partial charge in [-0.25, -0.2) is 0 Å². The molecule has 0 atom stereocenters. The Morgan fingerprint density at radius 1 is 0.476 bits per heavy atom. The summed E-state index contributed by atoms with van der Waals surface area (Å²) in [5, 5.41) is 4.19. The summed E-state index contributed by atoms with van der Waals surface area (Å²) in [7, 11) is -0.446. The van der Waals surface area contributed by atoms with E-state index in [0.717, 1.165) is 0 Å². The second-order valence-corrected chi connectivity index (χ2v) is 6.56. The van der Waals surface area contributed by atoms with Gasteiger partial charge in [0.1, 0.15) is 0 Å². The van der Waals surface area contributed by atoms with Crippen molar-refractivity contribution in [3.63, 3.8) is 0 Å². The maximum absolute atomic E-state index is 2.23. The first-order valence-corrected chi connectivity index (χ1v) is 7.74. The quantitative estimate of drug-likeness (QED) is 0.454. The van der Waals surface area contributed by atoms with E-state index in [-0.39, 0.29) is 50.5 Å². The van der Waals surface area contributed by atoms with Gasteiger partial charge in [-0.2, -0.15) is 0 Å². The van der Waals surface area contributed by atoms with Crippen molar-refractivity contribution in [2.24, 2.45) is 0 Å². The van der Waals surface area contributed by atoms with Crippen LogP contribution in [0.25, 0.3) is 0 Å². The van der Waals surface area contributed by atoms with Gasteiger partial charge in [0.2, 0.25) is 0 Å². The van der Waals surface area contributed by atoms with Crippen molar-refractivity contribution in [3.05, 3.63) is 91.0 Å². The molecule has 0 heterocycles. The molecule has 3 rings (SSSR count). The van der Waals surface area contributed by atoms with Crippen molar-refractivity contribution < 1.29 is 50.5 Å². The van der Waals surface area contributed by atoms with Crippen molar-refractivity contribution in [1.29, 1.82) is 0 Å². The van der Waals surface area contributed by atoms with E-state index in [2.05, 4.69) is 91.0 Å². The van der Waals surface area contributed by atoms with Gasteiger partial charge in [0.05, 0.1) is 0 Å². The van der Waals surface area contributed by atoms with Crippen LogP contribution in [-0.2, 0) is 19.5 Å². The van der Waals surface area contributed by atoms with Gasteiger partial charge >= 0.3 is 29.6 Å². The number of benzene rings is 3. The third-order valence-electron chi connectivity index (χ3n) is 3.04. The molecule has 0 N–H and O–H groups in total. The van der Waals surface area contributed by atoms with E-state index in [1.807, 2.05) is 0 Å². The number of hydrogen-bond donors (Lipinski definition) is 0. The van der Waals surface area contributed by atoms with Gasteiger partial charge in [-0.15, -0.1) is 0 Å². The monoisotopic (exact) mass is 389 g/mol. The summed E-state index contributed by atoms with van der Waals surface area (Å²) in [5.74, 6) is 0. The Morgan fingerprint density at radius 2 is 0.714 bits per heavy atom. The molecule has 103 valence electrons. The first-order valence-electron chi connectivity index (χ1n) is 6.40. The molecule has 0 fully saturated rings. The predicted octanol–water partition coefficient (Wildman–Crippen LogP) is 0.559. The molecule has 0 aliphatic heterocycles. The Labute approximate surface area is 164 Å². The van der Waals surface area contributed by atoms with Crippen LogP contribution in [-0.4, -0.2) is 0 Å². The van der Waals surface area contributed by atoms with Gasteiger partial charge in [0, 0.05) is 19.5 Å². The van der Waals surface area contributed by atoms with E-state index in [9.17, 15) is 0 Å². The zero-order chi connectivity index (χ0) is 12.9. The summed E-state index contributed by atoms with van der Waals surface area (Å²) in [6.07, 6.45) is 0. The van der Waals surface area contributed by atoms with Crippen LogP contribution in [0.2, 0.25) is 0 Å². The Bertz CT molecular complexity index is 541. The Morgan fingerprint density at radius 3 is 0.952 bits per heavy atom. The molecular formula is C18H16NaPRh.